The molecule has 2 aliphatic carbocycles. The van der Waals surface area contributed by atoms with Gasteiger partial charge in [-0.05, 0) is 39.0 Å². The molecule has 0 unspecified atom stereocenters. The maximum Gasteiger partial charge on any atom is 0.333 e. The second-order valence-corrected chi connectivity index (χ2v) is 10.9. The van der Waals surface area contributed by atoms with Crippen LogP contribution in [0.3, 0.4) is 0 Å². The normalized spacial score (nSPS) is 47.1. The number of ether oxygens (including phenoxy) is 3. The van der Waals surface area contributed by atoms with Gasteiger partial charge in [0.2, 0.25) is 6.29 Å². The lowest BCUT2D eigenvalue weighted by molar-refractivity contribution is -0.167. The first kappa shape index (κ1) is 21.5. The first-order valence-electron chi connectivity index (χ1n) is 11.1. The summed E-state index contributed by atoms with van der Waals surface area (Å²) in [6.07, 6.45) is 3.16. The molecule has 0 aromatic rings. The van der Waals surface area contributed by atoms with Gasteiger partial charge in [0.25, 0.3) is 0 Å². The van der Waals surface area contributed by atoms with E-state index in [9.17, 15) is 24.3 Å². The molecule has 32 heavy (non-hydrogen) atoms. The molecule has 0 aromatic carbocycles. The number of rotatable bonds is 1. The zero-order valence-electron chi connectivity index (χ0n) is 18.7. The Balaban J connectivity index is 1.67. The van der Waals surface area contributed by atoms with Crippen LogP contribution in [0.25, 0.3) is 0 Å². The van der Waals surface area contributed by atoms with Gasteiger partial charge in [0.15, 0.2) is 5.78 Å². The summed E-state index contributed by atoms with van der Waals surface area (Å²) in [5, 5.41) is 10.3. The lowest BCUT2D eigenvalue weighted by Gasteiger charge is -2.51. The van der Waals surface area contributed by atoms with Crippen LogP contribution in [0.5, 0.6) is 0 Å². The summed E-state index contributed by atoms with van der Waals surface area (Å²) in [7, 11) is 0. The fourth-order valence-corrected chi connectivity index (χ4v) is 7.17. The lowest BCUT2D eigenvalue weighted by Crippen LogP contribution is -2.57. The topological polar surface area (TPSA) is 116 Å². The second kappa shape index (κ2) is 6.38. The Morgan fingerprint density at radius 3 is 2.41 bits per heavy atom. The fourth-order valence-electron chi connectivity index (χ4n) is 7.17. The van der Waals surface area contributed by atoms with Crippen molar-refractivity contribution in [2.24, 2.45) is 22.7 Å². The van der Waals surface area contributed by atoms with Gasteiger partial charge in [0.1, 0.15) is 17.0 Å². The van der Waals surface area contributed by atoms with E-state index in [2.05, 4.69) is 0 Å². The zero-order valence-corrected chi connectivity index (χ0v) is 18.7. The van der Waals surface area contributed by atoms with E-state index in [1.54, 1.807) is 13.0 Å². The number of aliphatic hydroxyl groups excluding tert-OH is 1. The van der Waals surface area contributed by atoms with Crippen LogP contribution in [0.15, 0.2) is 23.8 Å². The summed E-state index contributed by atoms with van der Waals surface area (Å²) >= 11 is 0. The van der Waals surface area contributed by atoms with E-state index < -0.39 is 46.4 Å². The Bertz CT molecular complexity index is 1010. The van der Waals surface area contributed by atoms with Crippen LogP contribution < -0.4 is 0 Å². The molecule has 7 atom stereocenters. The van der Waals surface area contributed by atoms with Gasteiger partial charge in [0.05, 0.1) is 11.5 Å². The molecule has 5 aliphatic rings. The minimum atomic E-state index is -1.47. The number of carbonyl (C=O) groups excluding carboxylic acids is 4. The maximum absolute atomic E-state index is 14.0. The summed E-state index contributed by atoms with van der Waals surface area (Å²) in [5.74, 6) is -2.19. The SMILES string of the molecule is CC1(C)OC(=O)C=C[C@]2(C)[C@H]1CC(=O)C[C@@]13O[C@@H](C4=CC(=O)O[C@@H]4O)[C@@](C)(CC[C@@H]21)C3=O. The van der Waals surface area contributed by atoms with Crippen LogP contribution in [0.1, 0.15) is 53.4 Å². The van der Waals surface area contributed by atoms with Gasteiger partial charge in [-0.1, -0.05) is 13.0 Å². The van der Waals surface area contributed by atoms with Gasteiger partial charge >= 0.3 is 11.9 Å². The molecule has 0 radical (unpaired) electrons. The molecular formula is C24H28O8. The van der Waals surface area contributed by atoms with Crippen LogP contribution in [-0.4, -0.2) is 52.2 Å². The molecule has 3 aliphatic heterocycles. The number of cyclic esters (lactones) is 2. The summed E-state index contributed by atoms with van der Waals surface area (Å²) < 4.78 is 17.0. The fraction of sp³-hybridized carbons (Fsp3) is 0.667. The Hall–Kier alpha value is -2.32. The maximum atomic E-state index is 14.0. The van der Waals surface area contributed by atoms with Crippen molar-refractivity contribution in [2.45, 2.75) is 77.0 Å². The smallest absolute Gasteiger partial charge is 0.333 e. The number of Topliss-reactive ketones (excluding diaryl/α,β-unsaturated/α-hetero) is 2. The third kappa shape index (κ3) is 2.62. The van der Waals surface area contributed by atoms with Gasteiger partial charge in [-0.15, -0.1) is 0 Å². The minimum absolute atomic E-state index is 0.0786. The lowest BCUT2D eigenvalue weighted by atomic mass is 9.52. The zero-order chi connectivity index (χ0) is 23.3. The highest BCUT2D eigenvalue weighted by Crippen LogP contribution is 2.65. The number of allylic oxidation sites excluding steroid dienone is 1. The van der Waals surface area contributed by atoms with Gasteiger partial charge in [0, 0.05) is 42.4 Å². The van der Waals surface area contributed by atoms with E-state index >= 15 is 0 Å². The van der Waals surface area contributed by atoms with Crippen molar-refractivity contribution in [3.63, 3.8) is 0 Å². The van der Waals surface area contributed by atoms with E-state index in [1.165, 1.54) is 12.2 Å². The van der Waals surface area contributed by atoms with Crippen LogP contribution in [0.4, 0.5) is 0 Å². The number of carbonyl (C=O) groups is 4. The van der Waals surface area contributed by atoms with E-state index in [0.717, 1.165) is 0 Å². The van der Waals surface area contributed by atoms with E-state index in [4.69, 9.17) is 14.2 Å². The van der Waals surface area contributed by atoms with Crippen LogP contribution in [0, 0.1) is 22.7 Å². The monoisotopic (exact) mass is 444 g/mol. The van der Waals surface area contributed by atoms with E-state index in [1.807, 2.05) is 20.8 Å². The molecule has 1 saturated heterocycles. The minimum Gasteiger partial charge on any atom is -0.456 e. The van der Waals surface area contributed by atoms with Crippen LogP contribution in [-0.2, 0) is 33.4 Å². The molecule has 1 spiro atoms. The molecule has 2 bridgehead atoms. The van der Waals surface area contributed by atoms with Gasteiger partial charge in [-0.25, -0.2) is 9.59 Å². The molecule has 3 heterocycles. The van der Waals surface area contributed by atoms with Crippen LogP contribution in [0.2, 0.25) is 0 Å². The van der Waals surface area contributed by atoms with Crippen molar-refractivity contribution in [2.75, 3.05) is 0 Å². The molecular weight excluding hydrogens is 416 g/mol. The predicted octanol–water partition coefficient (Wildman–Crippen LogP) is 1.79. The number of fused-ring (bicyclic) bond motifs is 3. The number of hydrogen-bond acceptors (Lipinski definition) is 8. The molecule has 3 fully saturated rings. The Morgan fingerprint density at radius 1 is 1.03 bits per heavy atom. The van der Waals surface area contributed by atoms with Crippen molar-refractivity contribution < 1.29 is 38.5 Å². The summed E-state index contributed by atoms with van der Waals surface area (Å²) in [6, 6.07) is 0. The highest BCUT2D eigenvalue weighted by atomic mass is 16.6. The highest BCUT2D eigenvalue weighted by molar-refractivity contribution is 6.01. The Morgan fingerprint density at radius 2 is 1.75 bits per heavy atom. The Kier molecular flexibility index (Phi) is 4.29. The first-order chi connectivity index (χ1) is 14.8. The van der Waals surface area contributed by atoms with Crippen molar-refractivity contribution in [1.82, 2.24) is 0 Å². The van der Waals surface area contributed by atoms with Gasteiger partial charge in [-0.3, -0.25) is 9.59 Å². The standard InChI is InChI=1S/C24H28O8/c1-21(2)15-9-12(25)11-24-14(22(15,3)8-6-16(26)31-21)5-7-23(4,20(24)29)18(32-24)13-10-17(27)30-19(13)28/h6,8,10,14-15,18-19,28H,5,7,9,11H2,1-4H3/t14-,15-,18-,19-,22-,23+,24+/m0/s1. The first-order valence-corrected chi connectivity index (χ1v) is 11.1. The molecule has 1 N–H and O–H groups in total. The largest absolute Gasteiger partial charge is 0.456 e. The molecule has 172 valence electrons. The summed E-state index contributed by atoms with van der Waals surface area (Å²) in [5.41, 5.74) is -3.81. The predicted molar refractivity (Wildman–Crippen MR) is 109 cm³/mol. The number of aliphatic hydroxyl groups is 1. The molecule has 0 amide bonds. The van der Waals surface area contributed by atoms with Crippen molar-refractivity contribution in [3.8, 4) is 0 Å². The van der Waals surface area contributed by atoms with Crippen molar-refractivity contribution in [3.05, 3.63) is 23.8 Å². The molecule has 8 heteroatoms. The third-order valence-electron chi connectivity index (χ3n) is 8.60. The van der Waals surface area contributed by atoms with Gasteiger partial charge < -0.3 is 19.3 Å². The summed E-state index contributed by atoms with van der Waals surface area (Å²) in [4.78, 5) is 51.3. The molecule has 0 aromatic heterocycles. The number of hydrogen-bond donors (Lipinski definition) is 1. The Labute approximate surface area is 186 Å². The van der Waals surface area contributed by atoms with E-state index in [0.29, 0.717) is 12.8 Å². The summed E-state index contributed by atoms with van der Waals surface area (Å²) in [6.45, 7) is 7.37. The quantitative estimate of drug-likeness (QED) is 0.609. The highest BCUT2D eigenvalue weighted by Gasteiger charge is 2.73. The van der Waals surface area contributed by atoms with Crippen LogP contribution >= 0.6 is 0 Å². The number of esters is 2. The van der Waals surface area contributed by atoms with E-state index in [-0.39, 0.29) is 41.8 Å². The van der Waals surface area contributed by atoms with Crippen molar-refractivity contribution in [1.29, 1.82) is 0 Å². The average Bonchev–Trinajstić information content (AvgIpc) is 2.98. The molecule has 8 nitrogen and oxygen atoms in total. The molecule has 2 saturated carbocycles. The van der Waals surface area contributed by atoms with Gasteiger partial charge in [-0.2, -0.15) is 0 Å². The molecule has 5 rings (SSSR count). The second-order valence-electron chi connectivity index (χ2n) is 10.9. The number of ketones is 2. The average molecular weight is 444 g/mol. The van der Waals surface area contributed by atoms with Crippen molar-refractivity contribution >= 4 is 23.5 Å². The third-order valence-corrected chi connectivity index (χ3v) is 8.60.